The minimum Gasteiger partial charge on any atom is -0.457 e. The molecule has 2 N–H and O–H groups in total. The summed E-state index contributed by atoms with van der Waals surface area (Å²) < 4.78 is 22.4. The molecule has 3 aromatic rings. The summed E-state index contributed by atoms with van der Waals surface area (Å²) in [6.45, 7) is 2.71. The van der Waals surface area contributed by atoms with E-state index < -0.39 is 5.82 Å². The number of ether oxygens (including phenoxy) is 1. The molecule has 0 radical (unpaired) electrons. The zero-order chi connectivity index (χ0) is 21.6. The predicted octanol–water partition coefficient (Wildman–Crippen LogP) is 4.71. The summed E-state index contributed by atoms with van der Waals surface area (Å²) in [4.78, 5) is 18.8. The van der Waals surface area contributed by atoms with Gasteiger partial charge in [-0.05, 0) is 67.6 Å². The molecular weight excluding hydrogens is 466 g/mol. The van der Waals surface area contributed by atoms with Gasteiger partial charge in [-0.2, -0.15) is 0 Å². The first-order valence-corrected chi connectivity index (χ1v) is 10.6. The molecule has 1 aliphatic rings. The second-order valence-electron chi connectivity index (χ2n) is 7.92. The SMILES string of the molecule is Cl.Cl.NCCc1ccc(Oc2ccc(F)c(C(=O)N3CCC(Cn4ccnc4)CC3)c2)cc1. The molecule has 6 nitrogen and oxygen atoms in total. The maximum atomic E-state index is 14.5. The molecule has 0 saturated carbocycles. The molecule has 33 heavy (non-hydrogen) atoms. The van der Waals surface area contributed by atoms with Gasteiger partial charge in [-0.15, -0.1) is 24.8 Å². The highest BCUT2D eigenvalue weighted by Gasteiger charge is 2.26. The standard InChI is InChI=1S/C24H27FN4O2.2ClH/c25-23-6-5-21(31-20-3-1-18(2-4-20)7-10-26)15-22(23)24(30)29-12-8-19(9-13-29)16-28-14-11-27-17-28;;/h1-6,11,14-15,17,19H,7-10,12-13,16,26H2;2*1H. The van der Waals surface area contributed by atoms with Gasteiger partial charge in [-0.3, -0.25) is 4.79 Å². The molecule has 0 unspecified atom stereocenters. The molecule has 1 saturated heterocycles. The van der Waals surface area contributed by atoms with Crippen LogP contribution in [0.15, 0.2) is 61.2 Å². The van der Waals surface area contributed by atoms with Crippen molar-refractivity contribution in [3.05, 3.63) is 78.1 Å². The summed E-state index contributed by atoms with van der Waals surface area (Å²) in [7, 11) is 0. The second-order valence-corrected chi connectivity index (χ2v) is 7.92. The minimum atomic E-state index is -0.531. The van der Waals surface area contributed by atoms with E-state index >= 15 is 0 Å². The number of benzene rings is 2. The smallest absolute Gasteiger partial charge is 0.256 e. The molecule has 0 atom stereocenters. The van der Waals surface area contributed by atoms with Crippen LogP contribution in [0.5, 0.6) is 11.5 Å². The Balaban J connectivity index is 0.00000193. The lowest BCUT2D eigenvalue weighted by Gasteiger charge is -2.32. The number of hydrogen-bond acceptors (Lipinski definition) is 4. The highest BCUT2D eigenvalue weighted by molar-refractivity contribution is 5.95. The first-order chi connectivity index (χ1) is 15.1. The van der Waals surface area contributed by atoms with Gasteiger partial charge in [0.2, 0.25) is 0 Å². The molecule has 9 heteroatoms. The number of piperidine rings is 1. The summed E-state index contributed by atoms with van der Waals surface area (Å²) in [6, 6.07) is 11.9. The van der Waals surface area contributed by atoms with Crippen LogP contribution in [-0.2, 0) is 13.0 Å². The molecule has 2 aromatic carbocycles. The number of rotatable bonds is 7. The van der Waals surface area contributed by atoms with Crippen molar-refractivity contribution in [2.75, 3.05) is 19.6 Å². The van der Waals surface area contributed by atoms with Crippen molar-refractivity contribution in [2.24, 2.45) is 11.7 Å². The molecule has 1 aliphatic heterocycles. The van der Waals surface area contributed by atoms with Gasteiger partial charge in [-0.1, -0.05) is 12.1 Å². The van der Waals surface area contributed by atoms with Crippen molar-refractivity contribution in [1.29, 1.82) is 0 Å². The first-order valence-electron chi connectivity index (χ1n) is 10.6. The summed E-state index contributed by atoms with van der Waals surface area (Å²) in [5.41, 5.74) is 6.75. The summed E-state index contributed by atoms with van der Waals surface area (Å²) in [5.74, 6) is 0.732. The molecule has 0 bridgehead atoms. The van der Waals surface area contributed by atoms with Crippen LogP contribution in [0.2, 0.25) is 0 Å². The van der Waals surface area contributed by atoms with Crippen molar-refractivity contribution in [3.63, 3.8) is 0 Å². The zero-order valence-electron chi connectivity index (χ0n) is 18.2. The number of amides is 1. The topological polar surface area (TPSA) is 73.4 Å². The van der Waals surface area contributed by atoms with Crippen molar-refractivity contribution in [3.8, 4) is 11.5 Å². The van der Waals surface area contributed by atoms with Gasteiger partial charge in [0, 0.05) is 32.0 Å². The number of carbonyl (C=O) groups is 1. The molecule has 4 rings (SSSR count). The Bertz CT molecular complexity index is 1010. The van der Waals surface area contributed by atoms with Crippen LogP contribution in [0.3, 0.4) is 0 Å². The van der Waals surface area contributed by atoms with Gasteiger partial charge in [0.15, 0.2) is 0 Å². The average molecular weight is 495 g/mol. The Morgan fingerprint density at radius 1 is 1.09 bits per heavy atom. The van der Waals surface area contributed by atoms with E-state index in [1.54, 1.807) is 11.1 Å². The normalized spacial score (nSPS) is 13.7. The zero-order valence-corrected chi connectivity index (χ0v) is 19.9. The van der Waals surface area contributed by atoms with Crippen molar-refractivity contribution in [2.45, 2.75) is 25.8 Å². The van der Waals surface area contributed by atoms with E-state index in [9.17, 15) is 9.18 Å². The van der Waals surface area contributed by atoms with Gasteiger partial charge in [0.1, 0.15) is 17.3 Å². The lowest BCUT2D eigenvalue weighted by Crippen LogP contribution is -2.39. The van der Waals surface area contributed by atoms with Crippen molar-refractivity contribution < 1.29 is 13.9 Å². The lowest BCUT2D eigenvalue weighted by atomic mass is 9.96. The third-order valence-electron chi connectivity index (χ3n) is 5.69. The van der Waals surface area contributed by atoms with Crippen LogP contribution in [0.1, 0.15) is 28.8 Å². The molecule has 1 fully saturated rings. The number of nitrogens with zero attached hydrogens (tertiary/aromatic N) is 3. The van der Waals surface area contributed by atoms with E-state index in [1.807, 2.05) is 36.8 Å². The molecule has 0 aliphatic carbocycles. The molecule has 1 amide bonds. The Morgan fingerprint density at radius 3 is 2.42 bits per heavy atom. The summed E-state index contributed by atoms with van der Waals surface area (Å²) in [5, 5.41) is 0. The van der Waals surface area contributed by atoms with E-state index in [4.69, 9.17) is 10.5 Å². The summed E-state index contributed by atoms with van der Waals surface area (Å²) in [6.07, 6.45) is 8.10. The number of halogens is 3. The van der Waals surface area contributed by atoms with Crippen molar-refractivity contribution >= 4 is 30.7 Å². The quantitative estimate of drug-likeness (QED) is 0.515. The van der Waals surface area contributed by atoms with E-state index in [-0.39, 0.29) is 36.3 Å². The number of aromatic nitrogens is 2. The van der Waals surface area contributed by atoms with Crippen LogP contribution in [0, 0.1) is 11.7 Å². The number of hydrogen-bond donors (Lipinski definition) is 1. The molecule has 1 aromatic heterocycles. The monoisotopic (exact) mass is 494 g/mol. The van der Waals surface area contributed by atoms with E-state index in [2.05, 4.69) is 9.55 Å². The van der Waals surface area contributed by atoms with Gasteiger partial charge >= 0.3 is 0 Å². The van der Waals surface area contributed by atoms with E-state index in [0.717, 1.165) is 31.4 Å². The maximum Gasteiger partial charge on any atom is 0.256 e. The number of carbonyl (C=O) groups excluding carboxylic acids is 1. The van der Waals surface area contributed by atoms with Crippen LogP contribution in [0.4, 0.5) is 4.39 Å². The Labute approximate surface area is 205 Å². The van der Waals surface area contributed by atoms with Gasteiger partial charge in [0.05, 0.1) is 11.9 Å². The minimum absolute atomic E-state index is 0. The average Bonchev–Trinajstić information content (AvgIpc) is 3.30. The number of likely N-dealkylation sites (tertiary alicyclic amines) is 1. The van der Waals surface area contributed by atoms with Crippen LogP contribution in [-0.4, -0.2) is 40.0 Å². The predicted molar refractivity (Wildman–Crippen MR) is 131 cm³/mol. The van der Waals surface area contributed by atoms with Crippen molar-refractivity contribution in [1.82, 2.24) is 14.5 Å². The van der Waals surface area contributed by atoms with Crippen LogP contribution in [0.25, 0.3) is 0 Å². The third-order valence-corrected chi connectivity index (χ3v) is 5.69. The van der Waals surface area contributed by atoms with Gasteiger partial charge < -0.3 is 19.9 Å². The first kappa shape index (κ1) is 26.6. The maximum absolute atomic E-state index is 14.5. The molecule has 2 heterocycles. The fourth-order valence-electron chi connectivity index (χ4n) is 3.94. The van der Waals surface area contributed by atoms with Gasteiger partial charge in [0.25, 0.3) is 5.91 Å². The molecule has 178 valence electrons. The number of imidazole rings is 1. The Morgan fingerprint density at radius 2 is 1.79 bits per heavy atom. The largest absolute Gasteiger partial charge is 0.457 e. The fourth-order valence-corrected chi connectivity index (χ4v) is 3.94. The van der Waals surface area contributed by atoms with E-state index in [1.165, 1.54) is 18.2 Å². The Hall–Kier alpha value is -2.61. The Kier molecular flexibility index (Phi) is 10.2. The fraction of sp³-hybridized carbons (Fsp3) is 0.333. The lowest BCUT2D eigenvalue weighted by molar-refractivity contribution is 0.0678. The molecule has 0 spiro atoms. The number of nitrogens with two attached hydrogens (primary N) is 1. The van der Waals surface area contributed by atoms with Gasteiger partial charge in [-0.25, -0.2) is 9.37 Å². The third kappa shape index (κ3) is 6.93. The highest BCUT2D eigenvalue weighted by Crippen LogP contribution is 2.26. The second kappa shape index (κ2) is 12.6. The van der Waals surface area contributed by atoms with Crippen LogP contribution >= 0.6 is 24.8 Å². The van der Waals surface area contributed by atoms with E-state index in [0.29, 0.717) is 37.1 Å². The van der Waals surface area contributed by atoms with Crippen LogP contribution < -0.4 is 10.5 Å². The highest BCUT2D eigenvalue weighted by atomic mass is 35.5. The summed E-state index contributed by atoms with van der Waals surface area (Å²) >= 11 is 0. The molecular formula is C24H29Cl2FN4O2.